The molecule has 0 N–H and O–H groups in total. The topological polar surface area (TPSA) is 80.1 Å². The summed E-state index contributed by atoms with van der Waals surface area (Å²) in [4.78, 5) is 10.1. The Hall–Kier alpha value is -4.98. The standard InChI is InChI=1S/C88H144N2O6/c1-7-13-19-25-31-37-43-49-69-91-83-67-61-79(85(93-71-51-45-39-33-27-21-15-9-3)87(83)95-73-53-47-41-35-29-23-17-11-5)75-89-81-63-57-77(58-64-81)55-56-78-59-65-82(66-60-78)90-76-80-62-68-84(92-70-50-44-38-32-26-20-14-8-2)88(96-74-54-48-42-36-30-24-18-12-6)86(80)94-72-52-46-40-34-28-22-16-10-4/h57-68,75-76H,7-56,69-74H2,1-6H3. The summed E-state index contributed by atoms with van der Waals surface area (Å²) in [6.45, 7) is 17.7. The van der Waals surface area contributed by atoms with Gasteiger partial charge in [0.2, 0.25) is 11.5 Å². The minimum atomic E-state index is 0.645. The molecule has 0 spiro atoms. The summed E-state index contributed by atoms with van der Waals surface area (Å²) in [5, 5.41) is 0. The van der Waals surface area contributed by atoms with Gasteiger partial charge in [0.15, 0.2) is 23.0 Å². The summed E-state index contributed by atoms with van der Waals surface area (Å²) < 4.78 is 40.3. The van der Waals surface area contributed by atoms with Crippen molar-refractivity contribution < 1.29 is 28.4 Å². The van der Waals surface area contributed by atoms with Crippen LogP contribution in [-0.2, 0) is 12.8 Å². The fourth-order valence-electron chi connectivity index (χ4n) is 12.7. The van der Waals surface area contributed by atoms with Gasteiger partial charge < -0.3 is 28.4 Å². The lowest BCUT2D eigenvalue weighted by Gasteiger charge is -2.19. The number of aryl methyl sites for hydroxylation is 2. The first kappa shape index (κ1) is 83.4. The van der Waals surface area contributed by atoms with Gasteiger partial charge in [-0.15, -0.1) is 0 Å². The molecule has 0 radical (unpaired) electrons. The molecule has 0 aliphatic rings. The molecule has 0 aliphatic carbocycles. The number of rotatable bonds is 67. The van der Waals surface area contributed by atoms with Crippen LogP contribution >= 0.6 is 0 Å². The minimum Gasteiger partial charge on any atom is -0.490 e. The molecule has 8 nitrogen and oxygen atoms in total. The van der Waals surface area contributed by atoms with Gasteiger partial charge in [-0.1, -0.05) is 335 Å². The van der Waals surface area contributed by atoms with Crippen molar-refractivity contribution in [3.63, 3.8) is 0 Å². The highest BCUT2D eigenvalue weighted by Crippen LogP contribution is 2.42. The summed E-state index contributed by atoms with van der Waals surface area (Å²) >= 11 is 0. The molecule has 542 valence electrons. The molecule has 0 aliphatic heterocycles. The third-order valence-corrected chi connectivity index (χ3v) is 19.0. The van der Waals surface area contributed by atoms with Gasteiger partial charge in [0.05, 0.1) is 51.0 Å². The van der Waals surface area contributed by atoms with Crippen LogP contribution in [0.4, 0.5) is 11.4 Å². The lowest BCUT2D eigenvalue weighted by molar-refractivity contribution is 0.234. The number of unbranched alkanes of at least 4 members (excludes halogenated alkanes) is 42. The van der Waals surface area contributed by atoms with Crippen LogP contribution in [0.15, 0.2) is 82.8 Å². The average molecular weight is 1330 g/mol. The zero-order chi connectivity index (χ0) is 68.1. The van der Waals surface area contributed by atoms with Crippen LogP contribution < -0.4 is 28.4 Å². The number of hydrogen-bond acceptors (Lipinski definition) is 8. The highest BCUT2D eigenvalue weighted by atomic mass is 16.5. The molecular weight excluding hydrogens is 1180 g/mol. The third-order valence-electron chi connectivity index (χ3n) is 19.0. The van der Waals surface area contributed by atoms with Crippen molar-refractivity contribution in [3.8, 4) is 34.5 Å². The Bertz CT molecular complexity index is 2300. The zero-order valence-electron chi connectivity index (χ0n) is 63.0. The molecule has 0 bridgehead atoms. The molecule has 0 unspecified atom stereocenters. The van der Waals surface area contributed by atoms with E-state index >= 15 is 0 Å². The van der Waals surface area contributed by atoms with Crippen LogP contribution in [0.2, 0.25) is 0 Å². The maximum absolute atomic E-state index is 6.79. The summed E-state index contributed by atoms with van der Waals surface area (Å²) in [7, 11) is 0. The van der Waals surface area contributed by atoms with E-state index in [4.69, 9.17) is 38.4 Å². The fraction of sp³-hybridized carbons (Fsp3) is 0.705. The van der Waals surface area contributed by atoms with E-state index in [0.717, 1.165) is 108 Å². The molecule has 0 amide bonds. The summed E-state index contributed by atoms with van der Waals surface area (Å²) in [6.07, 6.45) is 66.3. The van der Waals surface area contributed by atoms with Gasteiger partial charge in [-0.05, 0) is 111 Å². The zero-order valence-corrected chi connectivity index (χ0v) is 63.0. The van der Waals surface area contributed by atoms with E-state index in [-0.39, 0.29) is 0 Å². The lowest BCUT2D eigenvalue weighted by Crippen LogP contribution is -2.08. The first-order valence-electron chi connectivity index (χ1n) is 40.9. The van der Waals surface area contributed by atoms with E-state index in [1.54, 1.807) is 0 Å². The second kappa shape index (κ2) is 60.0. The molecule has 4 aromatic rings. The van der Waals surface area contributed by atoms with Crippen LogP contribution in [0.5, 0.6) is 34.5 Å². The highest BCUT2D eigenvalue weighted by Gasteiger charge is 2.20. The molecule has 0 fully saturated rings. The summed E-state index contributed by atoms with van der Waals surface area (Å²) in [5.74, 6) is 4.58. The first-order chi connectivity index (χ1) is 47.5. The normalized spacial score (nSPS) is 11.6. The Labute approximate surface area is 590 Å². The summed E-state index contributed by atoms with van der Waals surface area (Å²) in [6, 6.07) is 25.9. The first-order valence-corrected chi connectivity index (χ1v) is 40.9. The molecule has 8 heteroatoms. The molecule has 4 aromatic carbocycles. The van der Waals surface area contributed by atoms with Crippen molar-refractivity contribution >= 4 is 23.8 Å². The van der Waals surface area contributed by atoms with Crippen molar-refractivity contribution in [1.29, 1.82) is 0 Å². The van der Waals surface area contributed by atoms with Crippen molar-refractivity contribution in [2.45, 2.75) is 363 Å². The van der Waals surface area contributed by atoms with Crippen LogP contribution in [-0.4, -0.2) is 52.1 Å². The van der Waals surface area contributed by atoms with Gasteiger partial charge in [0.25, 0.3) is 0 Å². The Morgan fingerprint density at radius 3 is 0.667 bits per heavy atom. The smallest absolute Gasteiger partial charge is 0.204 e. The number of nitrogens with zero attached hydrogens (tertiary/aromatic N) is 2. The lowest BCUT2D eigenvalue weighted by atomic mass is 10.0. The Morgan fingerprint density at radius 2 is 0.427 bits per heavy atom. The predicted octanol–water partition coefficient (Wildman–Crippen LogP) is 28.1. The monoisotopic (exact) mass is 1330 g/mol. The van der Waals surface area contributed by atoms with E-state index in [1.807, 2.05) is 12.4 Å². The second-order valence-corrected chi connectivity index (χ2v) is 27.9. The van der Waals surface area contributed by atoms with Gasteiger partial charge in [-0.2, -0.15) is 0 Å². The molecule has 0 aromatic heterocycles. The minimum absolute atomic E-state index is 0.645. The number of benzene rings is 4. The van der Waals surface area contributed by atoms with Gasteiger partial charge in [-0.3, -0.25) is 9.98 Å². The SMILES string of the molecule is CCCCCCCCCCOc1ccc(C=Nc2ccc(CCc3ccc(N=Cc4ccc(OCCCCCCCCCC)c(OCCCCCCCCCC)c4OCCCCCCCCCC)cc3)cc2)c(OCCCCCCCCCC)c1OCCCCCCCCCC. The van der Waals surface area contributed by atoms with Crippen LogP contribution in [0.1, 0.15) is 372 Å². The van der Waals surface area contributed by atoms with Gasteiger partial charge in [0.1, 0.15) is 0 Å². The van der Waals surface area contributed by atoms with E-state index in [0.29, 0.717) is 39.6 Å². The second-order valence-electron chi connectivity index (χ2n) is 27.9. The van der Waals surface area contributed by atoms with E-state index in [9.17, 15) is 0 Å². The summed E-state index contributed by atoms with van der Waals surface area (Å²) in [5.41, 5.74) is 6.24. The average Bonchev–Trinajstić information content (AvgIpc) is 0.862. The van der Waals surface area contributed by atoms with Gasteiger partial charge in [-0.25, -0.2) is 0 Å². The maximum Gasteiger partial charge on any atom is 0.204 e. The Kier molecular flexibility index (Phi) is 52.2. The van der Waals surface area contributed by atoms with Crippen molar-refractivity contribution in [2.75, 3.05) is 39.6 Å². The number of aliphatic imine (C=N–C) groups is 2. The van der Waals surface area contributed by atoms with Crippen LogP contribution in [0, 0.1) is 0 Å². The molecule has 0 saturated carbocycles. The van der Waals surface area contributed by atoms with E-state index in [2.05, 4.69) is 114 Å². The highest BCUT2D eigenvalue weighted by molar-refractivity contribution is 5.88. The quantitative estimate of drug-likeness (QED) is 0.0324. The van der Waals surface area contributed by atoms with Crippen molar-refractivity contribution in [1.82, 2.24) is 0 Å². The van der Waals surface area contributed by atoms with Crippen molar-refractivity contribution in [2.24, 2.45) is 9.98 Å². The van der Waals surface area contributed by atoms with Gasteiger partial charge in [0, 0.05) is 23.6 Å². The Morgan fingerprint density at radius 1 is 0.219 bits per heavy atom. The Balaban J connectivity index is 1.48. The molecule has 0 saturated heterocycles. The van der Waals surface area contributed by atoms with Gasteiger partial charge >= 0.3 is 0 Å². The van der Waals surface area contributed by atoms with Crippen molar-refractivity contribution in [3.05, 3.63) is 95.1 Å². The largest absolute Gasteiger partial charge is 0.490 e. The predicted molar refractivity (Wildman–Crippen MR) is 416 cm³/mol. The third kappa shape index (κ3) is 40.8. The van der Waals surface area contributed by atoms with E-state index in [1.165, 1.54) is 281 Å². The molecule has 96 heavy (non-hydrogen) atoms. The molecular formula is C88H144N2O6. The van der Waals surface area contributed by atoms with Crippen LogP contribution in [0.3, 0.4) is 0 Å². The van der Waals surface area contributed by atoms with Crippen LogP contribution in [0.25, 0.3) is 0 Å². The number of hydrogen-bond donors (Lipinski definition) is 0. The molecule has 0 heterocycles. The van der Waals surface area contributed by atoms with E-state index < -0.39 is 0 Å². The molecule has 4 rings (SSSR count). The maximum atomic E-state index is 6.79. The fourth-order valence-corrected chi connectivity index (χ4v) is 12.7. The number of ether oxygens (including phenoxy) is 6. The molecule has 0 atom stereocenters.